The number of hydrogen-bond acceptors (Lipinski definition) is 1. The molecule has 0 unspecified atom stereocenters. The predicted octanol–water partition coefficient (Wildman–Crippen LogP) is 2.60. The van der Waals surface area contributed by atoms with Gasteiger partial charge in [0.05, 0.1) is 0 Å². The second-order valence-electron chi connectivity index (χ2n) is 4.36. The van der Waals surface area contributed by atoms with Crippen molar-refractivity contribution in [1.29, 1.82) is 0 Å². The minimum atomic E-state index is 0.566. The Morgan fingerprint density at radius 3 is 3.00 bits per heavy atom. The predicted molar refractivity (Wildman–Crippen MR) is 62.9 cm³/mol. The van der Waals surface area contributed by atoms with Crippen LogP contribution in [0.4, 0.5) is 0 Å². The van der Waals surface area contributed by atoms with Gasteiger partial charge < -0.3 is 9.88 Å². The molecule has 0 amide bonds. The number of rotatable bonds is 1. The highest BCUT2D eigenvalue weighted by atomic mass is 15.0. The standard InChI is InChI=1S/C13H16N2/c1-15-9-11(12-6-4-8-14-12)10-5-2-3-7-13(10)15/h2-3,5,7,9,12,14H,4,6,8H2,1H3/t12-/m0/s1. The first-order chi connectivity index (χ1) is 7.36. The molecule has 1 aromatic heterocycles. The maximum absolute atomic E-state index is 3.57. The van der Waals surface area contributed by atoms with Gasteiger partial charge in [0.25, 0.3) is 0 Å². The van der Waals surface area contributed by atoms with E-state index in [0.717, 1.165) is 6.54 Å². The molecule has 1 atom stereocenters. The van der Waals surface area contributed by atoms with Gasteiger partial charge in [0.15, 0.2) is 0 Å². The van der Waals surface area contributed by atoms with E-state index in [1.54, 1.807) is 0 Å². The van der Waals surface area contributed by atoms with E-state index in [1.165, 1.54) is 29.3 Å². The zero-order valence-corrected chi connectivity index (χ0v) is 9.03. The van der Waals surface area contributed by atoms with Crippen LogP contribution in [-0.2, 0) is 7.05 Å². The Kier molecular flexibility index (Phi) is 2.03. The summed E-state index contributed by atoms with van der Waals surface area (Å²) < 4.78 is 2.23. The largest absolute Gasteiger partial charge is 0.350 e. The zero-order valence-electron chi connectivity index (χ0n) is 9.03. The zero-order chi connectivity index (χ0) is 10.3. The van der Waals surface area contributed by atoms with E-state index in [1.807, 2.05) is 0 Å². The van der Waals surface area contributed by atoms with Crippen LogP contribution >= 0.6 is 0 Å². The summed E-state index contributed by atoms with van der Waals surface area (Å²) in [6.45, 7) is 1.16. The molecule has 0 saturated carbocycles. The number of fused-ring (bicyclic) bond motifs is 1. The third-order valence-corrected chi connectivity index (χ3v) is 3.36. The summed E-state index contributed by atoms with van der Waals surface area (Å²) in [5, 5.41) is 4.97. The molecule has 1 saturated heterocycles. The van der Waals surface area contributed by atoms with Crippen molar-refractivity contribution in [1.82, 2.24) is 9.88 Å². The Hall–Kier alpha value is -1.28. The number of nitrogens with one attached hydrogen (secondary N) is 1. The smallest absolute Gasteiger partial charge is 0.0481 e. The van der Waals surface area contributed by atoms with E-state index in [0.29, 0.717) is 6.04 Å². The van der Waals surface area contributed by atoms with E-state index in [2.05, 4.69) is 47.4 Å². The number of hydrogen-bond donors (Lipinski definition) is 1. The molecule has 1 aromatic carbocycles. The molecule has 0 aliphatic carbocycles. The summed E-state index contributed by atoms with van der Waals surface area (Å²) in [5.74, 6) is 0. The topological polar surface area (TPSA) is 17.0 Å². The molecule has 1 aliphatic heterocycles. The lowest BCUT2D eigenvalue weighted by molar-refractivity contribution is 0.650. The van der Waals surface area contributed by atoms with Gasteiger partial charge >= 0.3 is 0 Å². The van der Waals surface area contributed by atoms with E-state index in [4.69, 9.17) is 0 Å². The average Bonchev–Trinajstić information content (AvgIpc) is 2.87. The molecule has 2 heterocycles. The third kappa shape index (κ3) is 1.37. The highest BCUT2D eigenvalue weighted by molar-refractivity contribution is 5.84. The Morgan fingerprint density at radius 1 is 1.33 bits per heavy atom. The average molecular weight is 200 g/mol. The van der Waals surface area contributed by atoms with E-state index in [9.17, 15) is 0 Å². The number of aryl methyl sites for hydroxylation is 1. The molecule has 1 aliphatic rings. The van der Waals surface area contributed by atoms with Gasteiger partial charge in [-0.1, -0.05) is 18.2 Å². The molecule has 0 radical (unpaired) electrons. The molecule has 3 rings (SSSR count). The Morgan fingerprint density at radius 2 is 2.20 bits per heavy atom. The fourth-order valence-electron chi connectivity index (χ4n) is 2.60. The van der Waals surface area contributed by atoms with Crippen LogP contribution in [0.3, 0.4) is 0 Å². The molecule has 2 nitrogen and oxygen atoms in total. The molecule has 78 valence electrons. The molecular formula is C13H16N2. The minimum Gasteiger partial charge on any atom is -0.350 e. The van der Waals surface area contributed by atoms with E-state index >= 15 is 0 Å². The maximum atomic E-state index is 3.57. The molecular weight excluding hydrogens is 184 g/mol. The lowest BCUT2D eigenvalue weighted by Crippen LogP contribution is -2.12. The summed E-state index contributed by atoms with van der Waals surface area (Å²) >= 11 is 0. The van der Waals surface area contributed by atoms with Crippen LogP contribution < -0.4 is 5.32 Å². The summed E-state index contributed by atoms with van der Waals surface area (Å²) in [6.07, 6.45) is 4.84. The van der Waals surface area contributed by atoms with Crippen LogP contribution in [0.2, 0.25) is 0 Å². The normalized spacial score (nSPS) is 21.3. The minimum absolute atomic E-state index is 0.566. The van der Waals surface area contributed by atoms with Crippen molar-refractivity contribution >= 4 is 10.9 Å². The molecule has 2 heteroatoms. The van der Waals surface area contributed by atoms with Crippen molar-refractivity contribution in [2.75, 3.05) is 6.54 Å². The second kappa shape index (κ2) is 3.38. The molecule has 0 bridgehead atoms. The van der Waals surface area contributed by atoms with Crippen molar-refractivity contribution in [2.24, 2.45) is 7.05 Å². The van der Waals surface area contributed by atoms with Crippen LogP contribution in [0.15, 0.2) is 30.5 Å². The van der Waals surface area contributed by atoms with E-state index in [-0.39, 0.29) is 0 Å². The van der Waals surface area contributed by atoms with E-state index < -0.39 is 0 Å². The van der Waals surface area contributed by atoms with Gasteiger partial charge in [-0.3, -0.25) is 0 Å². The molecule has 1 fully saturated rings. The fourth-order valence-corrected chi connectivity index (χ4v) is 2.60. The number of nitrogens with zero attached hydrogens (tertiary/aromatic N) is 1. The van der Waals surface area contributed by atoms with Crippen LogP contribution in [0, 0.1) is 0 Å². The Balaban J connectivity index is 2.17. The van der Waals surface area contributed by atoms with Crippen LogP contribution in [0.25, 0.3) is 10.9 Å². The highest BCUT2D eigenvalue weighted by Gasteiger charge is 2.19. The van der Waals surface area contributed by atoms with Gasteiger partial charge in [0, 0.05) is 30.2 Å². The molecule has 2 aromatic rings. The summed E-state index contributed by atoms with van der Waals surface area (Å²) in [4.78, 5) is 0. The lowest BCUT2D eigenvalue weighted by atomic mass is 10.0. The highest BCUT2D eigenvalue weighted by Crippen LogP contribution is 2.30. The SMILES string of the molecule is Cn1cc([C@@H]2CCCN2)c2ccccc21. The van der Waals surface area contributed by atoms with Gasteiger partial charge in [-0.25, -0.2) is 0 Å². The van der Waals surface area contributed by atoms with Crippen molar-refractivity contribution < 1.29 is 0 Å². The summed E-state index contributed by atoms with van der Waals surface area (Å²) in [6, 6.07) is 9.21. The third-order valence-electron chi connectivity index (χ3n) is 3.36. The van der Waals surface area contributed by atoms with Crippen LogP contribution in [0.1, 0.15) is 24.4 Å². The quantitative estimate of drug-likeness (QED) is 0.748. The van der Waals surface area contributed by atoms with Crippen LogP contribution in [0.5, 0.6) is 0 Å². The Bertz CT molecular complexity index is 478. The van der Waals surface area contributed by atoms with Crippen LogP contribution in [-0.4, -0.2) is 11.1 Å². The molecule has 0 spiro atoms. The number of aromatic nitrogens is 1. The first kappa shape index (κ1) is 8.98. The maximum Gasteiger partial charge on any atom is 0.0481 e. The lowest BCUT2D eigenvalue weighted by Gasteiger charge is -2.08. The number of para-hydroxylation sites is 1. The van der Waals surface area contributed by atoms with Gasteiger partial charge in [-0.2, -0.15) is 0 Å². The van der Waals surface area contributed by atoms with Gasteiger partial charge in [-0.15, -0.1) is 0 Å². The van der Waals surface area contributed by atoms with Crippen molar-refractivity contribution in [2.45, 2.75) is 18.9 Å². The summed E-state index contributed by atoms with van der Waals surface area (Å²) in [5.41, 5.74) is 2.80. The first-order valence-electron chi connectivity index (χ1n) is 5.63. The summed E-state index contributed by atoms with van der Waals surface area (Å²) in [7, 11) is 2.13. The Labute approximate surface area is 89.9 Å². The van der Waals surface area contributed by atoms with Gasteiger partial charge in [0.1, 0.15) is 0 Å². The van der Waals surface area contributed by atoms with Crippen molar-refractivity contribution in [3.05, 3.63) is 36.0 Å². The molecule has 15 heavy (non-hydrogen) atoms. The van der Waals surface area contributed by atoms with Gasteiger partial charge in [0.2, 0.25) is 0 Å². The monoisotopic (exact) mass is 200 g/mol. The van der Waals surface area contributed by atoms with Crippen molar-refractivity contribution in [3.63, 3.8) is 0 Å². The molecule has 1 N–H and O–H groups in total. The second-order valence-corrected chi connectivity index (χ2v) is 4.36. The van der Waals surface area contributed by atoms with Crippen molar-refractivity contribution in [3.8, 4) is 0 Å². The van der Waals surface area contributed by atoms with Gasteiger partial charge in [-0.05, 0) is 31.0 Å². The first-order valence-corrected chi connectivity index (χ1v) is 5.63. The number of benzene rings is 1. The fraction of sp³-hybridized carbons (Fsp3) is 0.385.